The standard InChI is InChI=1S/C19H16N2O4S/c1-2-24-18(23)17-16(13-7-4-3-5-8-13)21-19(26-17)20-15(22)11-10-14-9-6-12-25-14/h3-12H,2H2,1H3,(H,20,21,22)/b11-10+. The Labute approximate surface area is 154 Å². The number of benzene rings is 1. The van der Waals surface area contributed by atoms with Crippen molar-refractivity contribution in [2.24, 2.45) is 0 Å². The first kappa shape index (κ1) is 17.6. The lowest BCUT2D eigenvalue weighted by Crippen LogP contribution is -2.07. The van der Waals surface area contributed by atoms with Crippen LogP contribution in [-0.2, 0) is 9.53 Å². The number of thiazole rings is 1. The number of nitrogens with zero attached hydrogens (tertiary/aromatic N) is 1. The highest BCUT2D eigenvalue weighted by Crippen LogP contribution is 2.31. The summed E-state index contributed by atoms with van der Waals surface area (Å²) >= 11 is 1.08. The summed E-state index contributed by atoms with van der Waals surface area (Å²) in [4.78, 5) is 29.0. The molecule has 0 spiro atoms. The fourth-order valence-electron chi connectivity index (χ4n) is 2.19. The normalized spacial score (nSPS) is 10.8. The van der Waals surface area contributed by atoms with E-state index in [1.165, 1.54) is 12.3 Å². The minimum atomic E-state index is -0.463. The van der Waals surface area contributed by atoms with Crippen LogP contribution in [-0.4, -0.2) is 23.5 Å². The fraction of sp³-hybridized carbons (Fsp3) is 0.105. The van der Waals surface area contributed by atoms with Gasteiger partial charge in [-0.1, -0.05) is 41.7 Å². The quantitative estimate of drug-likeness (QED) is 0.520. The van der Waals surface area contributed by atoms with Crippen LogP contribution in [0.15, 0.2) is 59.2 Å². The monoisotopic (exact) mass is 368 g/mol. The Balaban J connectivity index is 1.83. The molecule has 1 aromatic carbocycles. The van der Waals surface area contributed by atoms with E-state index in [-0.39, 0.29) is 12.5 Å². The number of hydrogen-bond acceptors (Lipinski definition) is 6. The van der Waals surface area contributed by atoms with E-state index in [0.717, 1.165) is 16.9 Å². The zero-order valence-electron chi connectivity index (χ0n) is 14.0. The summed E-state index contributed by atoms with van der Waals surface area (Å²) < 4.78 is 10.2. The molecule has 7 heteroatoms. The molecule has 6 nitrogen and oxygen atoms in total. The Hall–Kier alpha value is -3.19. The van der Waals surface area contributed by atoms with Crippen molar-refractivity contribution in [1.29, 1.82) is 0 Å². The number of amides is 1. The summed E-state index contributed by atoms with van der Waals surface area (Å²) in [6.07, 6.45) is 4.41. The maximum absolute atomic E-state index is 12.2. The van der Waals surface area contributed by atoms with Gasteiger partial charge in [-0.3, -0.25) is 10.1 Å². The van der Waals surface area contributed by atoms with Crippen molar-refractivity contribution in [2.75, 3.05) is 11.9 Å². The van der Waals surface area contributed by atoms with Crippen molar-refractivity contribution < 1.29 is 18.7 Å². The zero-order chi connectivity index (χ0) is 18.4. The Morgan fingerprint density at radius 2 is 2.04 bits per heavy atom. The topological polar surface area (TPSA) is 81.4 Å². The molecule has 2 heterocycles. The molecule has 0 bridgehead atoms. The first-order valence-electron chi connectivity index (χ1n) is 7.93. The van der Waals surface area contributed by atoms with Gasteiger partial charge in [0.1, 0.15) is 10.6 Å². The van der Waals surface area contributed by atoms with E-state index >= 15 is 0 Å². The van der Waals surface area contributed by atoms with Crippen LogP contribution in [0.1, 0.15) is 22.4 Å². The van der Waals surface area contributed by atoms with E-state index in [1.807, 2.05) is 30.3 Å². The van der Waals surface area contributed by atoms with Crippen LogP contribution >= 0.6 is 11.3 Å². The van der Waals surface area contributed by atoms with Gasteiger partial charge in [-0.15, -0.1) is 0 Å². The highest BCUT2D eigenvalue weighted by atomic mass is 32.1. The molecule has 1 N–H and O–H groups in total. The van der Waals surface area contributed by atoms with Gasteiger partial charge < -0.3 is 9.15 Å². The molecular weight excluding hydrogens is 352 g/mol. The van der Waals surface area contributed by atoms with Gasteiger partial charge in [-0.2, -0.15) is 0 Å². The molecule has 2 aromatic heterocycles. The van der Waals surface area contributed by atoms with Gasteiger partial charge in [-0.05, 0) is 25.1 Å². The molecule has 0 saturated carbocycles. The van der Waals surface area contributed by atoms with Crippen LogP contribution in [0.3, 0.4) is 0 Å². The predicted octanol–water partition coefficient (Wildman–Crippen LogP) is 4.23. The van der Waals surface area contributed by atoms with E-state index < -0.39 is 5.97 Å². The van der Waals surface area contributed by atoms with Crippen molar-refractivity contribution >= 4 is 34.4 Å². The molecule has 0 aliphatic rings. The number of esters is 1. The average molecular weight is 368 g/mol. The minimum absolute atomic E-state index is 0.262. The molecule has 0 aliphatic carbocycles. The zero-order valence-corrected chi connectivity index (χ0v) is 14.8. The van der Waals surface area contributed by atoms with Crippen molar-refractivity contribution in [3.05, 3.63) is 65.4 Å². The third-order valence-electron chi connectivity index (χ3n) is 3.31. The van der Waals surface area contributed by atoms with Crippen molar-refractivity contribution in [3.63, 3.8) is 0 Å². The molecule has 0 radical (unpaired) electrons. The summed E-state index contributed by atoms with van der Waals surface area (Å²) in [7, 11) is 0. The maximum atomic E-state index is 12.2. The number of carbonyl (C=O) groups excluding carboxylic acids is 2. The van der Waals surface area contributed by atoms with E-state index in [1.54, 1.807) is 25.1 Å². The Morgan fingerprint density at radius 3 is 2.73 bits per heavy atom. The van der Waals surface area contributed by atoms with Crippen LogP contribution in [0.4, 0.5) is 5.13 Å². The molecule has 132 valence electrons. The Kier molecular flexibility index (Phi) is 5.60. The third-order valence-corrected chi connectivity index (χ3v) is 4.26. The summed E-state index contributed by atoms with van der Waals surface area (Å²) in [6.45, 7) is 2.00. The van der Waals surface area contributed by atoms with Crippen molar-refractivity contribution in [3.8, 4) is 11.3 Å². The van der Waals surface area contributed by atoms with E-state index in [0.29, 0.717) is 21.5 Å². The fourth-order valence-corrected chi connectivity index (χ4v) is 3.08. The first-order chi connectivity index (χ1) is 12.7. The van der Waals surface area contributed by atoms with Crippen LogP contribution in [0.5, 0.6) is 0 Å². The predicted molar refractivity (Wildman–Crippen MR) is 99.9 cm³/mol. The van der Waals surface area contributed by atoms with E-state index in [9.17, 15) is 9.59 Å². The smallest absolute Gasteiger partial charge is 0.350 e. The molecule has 1 amide bonds. The lowest BCUT2D eigenvalue weighted by Gasteiger charge is -2.01. The number of anilines is 1. The van der Waals surface area contributed by atoms with Crippen LogP contribution in [0.25, 0.3) is 17.3 Å². The highest BCUT2D eigenvalue weighted by Gasteiger charge is 2.21. The van der Waals surface area contributed by atoms with Gasteiger partial charge in [0, 0.05) is 11.6 Å². The second-order valence-corrected chi connectivity index (χ2v) is 6.12. The highest BCUT2D eigenvalue weighted by molar-refractivity contribution is 7.18. The van der Waals surface area contributed by atoms with Gasteiger partial charge in [0.2, 0.25) is 5.91 Å². The lowest BCUT2D eigenvalue weighted by atomic mass is 10.1. The van der Waals surface area contributed by atoms with Crippen LogP contribution in [0, 0.1) is 0 Å². The Morgan fingerprint density at radius 1 is 1.23 bits per heavy atom. The molecule has 0 saturated heterocycles. The average Bonchev–Trinajstić information content (AvgIpc) is 3.31. The third kappa shape index (κ3) is 4.25. The number of carbonyl (C=O) groups is 2. The molecule has 0 unspecified atom stereocenters. The number of aromatic nitrogens is 1. The van der Waals surface area contributed by atoms with Gasteiger partial charge in [0.25, 0.3) is 0 Å². The summed E-state index contributed by atoms with van der Waals surface area (Å²) in [6, 6.07) is 12.8. The summed E-state index contributed by atoms with van der Waals surface area (Å²) in [5.74, 6) is -0.267. The molecule has 3 aromatic rings. The molecule has 26 heavy (non-hydrogen) atoms. The number of ether oxygens (including phenoxy) is 1. The second-order valence-electron chi connectivity index (χ2n) is 5.12. The van der Waals surface area contributed by atoms with E-state index in [2.05, 4.69) is 10.3 Å². The second kappa shape index (κ2) is 8.26. The Bertz CT molecular complexity index is 914. The lowest BCUT2D eigenvalue weighted by molar-refractivity contribution is -0.111. The number of hydrogen-bond donors (Lipinski definition) is 1. The van der Waals surface area contributed by atoms with Crippen LogP contribution in [0.2, 0.25) is 0 Å². The maximum Gasteiger partial charge on any atom is 0.350 e. The number of furan rings is 1. The molecule has 0 aliphatic heterocycles. The SMILES string of the molecule is CCOC(=O)c1sc(NC(=O)/C=C/c2ccco2)nc1-c1ccccc1. The number of nitrogens with one attached hydrogen (secondary N) is 1. The molecule has 3 rings (SSSR count). The molecular formula is C19H16N2O4S. The van der Waals surface area contributed by atoms with Crippen molar-refractivity contribution in [2.45, 2.75) is 6.92 Å². The van der Waals surface area contributed by atoms with Gasteiger partial charge >= 0.3 is 5.97 Å². The largest absolute Gasteiger partial charge is 0.465 e. The number of rotatable bonds is 6. The molecule has 0 atom stereocenters. The van der Waals surface area contributed by atoms with Crippen molar-refractivity contribution in [1.82, 2.24) is 4.98 Å². The van der Waals surface area contributed by atoms with Crippen LogP contribution < -0.4 is 5.32 Å². The van der Waals surface area contributed by atoms with Gasteiger partial charge in [0.05, 0.1) is 18.6 Å². The molecule has 0 fully saturated rings. The van der Waals surface area contributed by atoms with E-state index in [4.69, 9.17) is 9.15 Å². The summed E-state index contributed by atoms with van der Waals surface area (Å²) in [5, 5.41) is 2.98. The minimum Gasteiger partial charge on any atom is -0.465 e. The summed E-state index contributed by atoms with van der Waals surface area (Å²) in [5.41, 5.74) is 1.26. The van der Waals surface area contributed by atoms with Gasteiger partial charge in [0.15, 0.2) is 5.13 Å². The first-order valence-corrected chi connectivity index (χ1v) is 8.75. The van der Waals surface area contributed by atoms with Gasteiger partial charge in [-0.25, -0.2) is 9.78 Å².